The van der Waals surface area contributed by atoms with Gasteiger partial charge in [0.1, 0.15) is 12.4 Å². The van der Waals surface area contributed by atoms with Crippen molar-refractivity contribution in [3.8, 4) is 11.5 Å². The molecule has 8 nitrogen and oxygen atoms in total. The molecule has 4 rings (SSSR count). The number of ether oxygens (including phenoxy) is 3. The number of esters is 1. The monoisotopic (exact) mass is 605 g/mol. The molecule has 2 amide bonds. The molecular weight excluding hydrogens is 586 g/mol. The van der Waals surface area contributed by atoms with Crippen LogP contribution in [0.1, 0.15) is 34.4 Å². The van der Waals surface area contributed by atoms with Crippen LogP contribution >= 0.6 is 39.3 Å². The number of imide groups is 1. The topological polar surface area (TPSA) is 95.3 Å². The lowest BCUT2D eigenvalue weighted by Crippen LogP contribution is -2.27. The van der Waals surface area contributed by atoms with Crippen molar-refractivity contribution < 1.29 is 33.0 Å². The first-order chi connectivity index (χ1) is 17.8. The first-order valence-corrected chi connectivity index (χ1v) is 13.0. The van der Waals surface area contributed by atoms with E-state index in [1.807, 2.05) is 19.1 Å². The zero-order chi connectivity index (χ0) is 26.5. The second kappa shape index (κ2) is 11.9. The lowest BCUT2D eigenvalue weighted by atomic mass is 10.1. The van der Waals surface area contributed by atoms with Gasteiger partial charge < -0.3 is 18.6 Å². The van der Waals surface area contributed by atoms with Crippen LogP contribution < -0.4 is 9.47 Å². The molecule has 0 bridgehead atoms. The van der Waals surface area contributed by atoms with Gasteiger partial charge >= 0.3 is 5.97 Å². The number of furan rings is 1. The van der Waals surface area contributed by atoms with E-state index < -0.39 is 17.1 Å². The van der Waals surface area contributed by atoms with Crippen LogP contribution in [0.2, 0.25) is 5.02 Å². The highest BCUT2D eigenvalue weighted by Crippen LogP contribution is 2.40. The minimum absolute atomic E-state index is 0.00770. The van der Waals surface area contributed by atoms with E-state index >= 15 is 0 Å². The number of carbonyl (C=O) groups excluding carboxylic acids is 3. The quantitative estimate of drug-likeness (QED) is 0.196. The van der Waals surface area contributed by atoms with Gasteiger partial charge in [0.2, 0.25) is 5.76 Å². The molecule has 11 heteroatoms. The summed E-state index contributed by atoms with van der Waals surface area (Å²) in [5, 5.41) is 0.197. The summed E-state index contributed by atoms with van der Waals surface area (Å²) < 4.78 is 22.4. The average Bonchev–Trinajstić information content (AvgIpc) is 3.45. The van der Waals surface area contributed by atoms with E-state index in [4.69, 9.17) is 25.5 Å². The third-order valence-corrected chi connectivity index (χ3v) is 6.91. The van der Waals surface area contributed by atoms with Gasteiger partial charge in [-0.05, 0) is 88.2 Å². The Morgan fingerprint density at radius 1 is 1.14 bits per heavy atom. The first-order valence-electron chi connectivity index (χ1n) is 11.0. The highest BCUT2D eigenvalue weighted by atomic mass is 79.9. The molecule has 0 spiro atoms. The van der Waals surface area contributed by atoms with Crippen LogP contribution in [0, 0.1) is 0 Å². The zero-order valence-corrected chi connectivity index (χ0v) is 22.9. The molecule has 0 saturated carbocycles. The number of hydrogen-bond donors (Lipinski definition) is 0. The average molecular weight is 607 g/mol. The van der Waals surface area contributed by atoms with E-state index in [1.54, 1.807) is 30.3 Å². The fourth-order valence-corrected chi connectivity index (χ4v) is 4.97. The van der Waals surface area contributed by atoms with Gasteiger partial charge in [0.25, 0.3) is 11.1 Å². The Hall–Kier alpha value is -3.21. The predicted octanol–water partition coefficient (Wildman–Crippen LogP) is 6.70. The van der Waals surface area contributed by atoms with Crippen molar-refractivity contribution in [2.75, 3.05) is 13.7 Å². The number of halogens is 2. The predicted molar refractivity (Wildman–Crippen MR) is 143 cm³/mol. The van der Waals surface area contributed by atoms with E-state index in [0.29, 0.717) is 39.8 Å². The van der Waals surface area contributed by atoms with Gasteiger partial charge in [0.05, 0.1) is 29.6 Å². The van der Waals surface area contributed by atoms with Crippen molar-refractivity contribution in [3.63, 3.8) is 0 Å². The smallest absolute Gasteiger partial charge is 0.373 e. The molecule has 2 aromatic carbocycles. The Labute approximate surface area is 230 Å². The molecule has 0 aliphatic carbocycles. The largest absolute Gasteiger partial charge is 0.490 e. The van der Waals surface area contributed by atoms with Gasteiger partial charge in [0.15, 0.2) is 11.5 Å². The van der Waals surface area contributed by atoms with Crippen molar-refractivity contribution in [1.82, 2.24) is 4.90 Å². The normalized spacial score (nSPS) is 14.4. The summed E-state index contributed by atoms with van der Waals surface area (Å²) in [6.45, 7) is 2.46. The molecule has 2 heterocycles. The van der Waals surface area contributed by atoms with Crippen LogP contribution in [0.15, 0.2) is 62.3 Å². The van der Waals surface area contributed by atoms with Gasteiger partial charge in [-0.3, -0.25) is 14.5 Å². The first kappa shape index (κ1) is 26.8. The summed E-state index contributed by atoms with van der Waals surface area (Å²) in [6, 6.07) is 13.8. The van der Waals surface area contributed by atoms with Gasteiger partial charge in [-0.15, -0.1) is 0 Å². The van der Waals surface area contributed by atoms with E-state index in [-0.39, 0.29) is 23.0 Å². The lowest BCUT2D eigenvalue weighted by Gasteiger charge is -2.15. The van der Waals surface area contributed by atoms with Crippen molar-refractivity contribution in [1.29, 1.82) is 0 Å². The number of thioether (sulfide) groups is 1. The Morgan fingerprint density at radius 3 is 2.59 bits per heavy atom. The minimum atomic E-state index is -0.642. The van der Waals surface area contributed by atoms with Crippen LogP contribution in [0.25, 0.3) is 6.08 Å². The highest BCUT2D eigenvalue weighted by Gasteiger charge is 2.36. The standard InChI is InChI=1S/C26H21BrClNO7S/c1-3-34-21-11-16(10-19(27)23(21)35-14-15-4-6-17(28)7-5-15)12-22-24(30)29(26(32)37-22)13-18-8-9-20(36-18)25(31)33-2/h4-12H,3,13-14H2,1-2H3/b22-12+. The van der Waals surface area contributed by atoms with Gasteiger partial charge in [-0.25, -0.2) is 4.79 Å². The molecule has 1 aromatic heterocycles. The van der Waals surface area contributed by atoms with Crippen molar-refractivity contribution in [3.05, 3.63) is 85.6 Å². The third-order valence-electron chi connectivity index (χ3n) is 5.16. The molecule has 0 N–H and O–H groups in total. The molecular formula is C26H21BrClNO7S. The maximum Gasteiger partial charge on any atom is 0.373 e. The molecule has 3 aromatic rings. The zero-order valence-electron chi connectivity index (χ0n) is 19.8. The van der Waals surface area contributed by atoms with Crippen molar-refractivity contribution in [2.24, 2.45) is 0 Å². The van der Waals surface area contributed by atoms with E-state index in [0.717, 1.165) is 22.2 Å². The lowest BCUT2D eigenvalue weighted by molar-refractivity contribution is -0.123. The number of methoxy groups -OCH3 is 1. The number of nitrogens with zero attached hydrogens (tertiary/aromatic N) is 1. The number of benzene rings is 2. The molecule has 0 unspecified atom stereocenters. The highest BCUT2D eigenvalue weighted by molar-refractivity contribution is 9.10. The molecule has 1 fully saturated rings. The Kier molecular flexibility index (Phi) is 8.63. The molecule has 37 heavy (non-hydrogen) atoms. The van der Waals surface area contributed by atoms with Crippen LogP contribution in [0.3, 0.4) is 0 Å². The van der Waals surface area contributed by atoms with E-state index in [2.05, 4.69) is 20.7 Å². The van der Waals surface area contributed by atoms with Gasteiger partial charge in [-0.2, -0.15) is 0 Å². The number of hydrogen-bond acceptors (Lipinski definition) is 8. The molecule has 0 radical (unpaired) electrons. The summed E-state index contributed by atoms with van der Waals surface area (Å²) in [7, 11) is 1.24. The Morgan fingerprint density at radius 2 is 1.89 bits per heavy atom. The van der Waals surface area contributed by atoms with Crippen LogP contribution in [0.4, 0.5) is 4.79 Å². The molecule has 1 aliphatic heterocycles. The summed E-state index contributed by atoms with van der Waals surface area (Å²) in [5.74, 6) is 0.169. The Balaban J connectivity index is 1.52. The summed E-state index contributed by atoms with van der Waals surface area (Å²) in [6.07, 6.45) is 1.61. The van der Waals surface area contributed by atoms with Crippen LogP contribution in [-0.2, 0) is 22.7 Å². The second-order valence-corrected chi connectivity index (χ2v) is 9.99. The fraction of sp³-hybridized carbons (Fsp3) is 0.192. The van der Waals surface area contributed by atoms with Crippen molar-refractivity contribution in [2.45, 2.75) is 20.1 Å². The van der Waals surface area contributed by atoms with Crippen molar-refractivity contribution >= 4 is 62.5 Å². The summed E-state index contributed by atoms with van der Waals surface area (Å²) >= 11 is 10.3. The molecule has 1 aliphatic rings. The summed E-state index contributed by atoms with van der Waals surface area (Å²) in [5.41, 5.74) is 1.58. The second-order valence-electron chi connectivity index (χ2n) is 7.70. The van der Waals surface area contributed by atoms with E-state index in [1.165, 1.54) is 19.2 Å². The number of rotatable bonds is 9. The maximum absolute atomic E-state index is 13.0. The van der Waals surface area contributed by atoms with Crippen LogP contribution in [0.5, 0.6) is 11.5 Å². The van der Waals surface area contributed by atoms with E-state index in [9.17, 15) is 14.4 Å². The number of amides is 2. The minimum Gasteiger partial charge on any atom is -0.490 e. The third kappa shape index (κ3) is 6.38. The molecule has 0 atom stereocenters. The van der Waals surface area contributed by atoms with Gasteiger partial charge in [0, 0.05) is 5.02 Å². The maximum atomic E-state index is 13.0. The van der Waals surface area contributed by atoms with Crippen LogP contribution in [-0.4, -0.2) is 35.7 Å². The number of carbonyl (C=O) groups is 3. The molecule has 192 valence electrons. The van der Waals surface area contributed by atoms with Gasteiger partial charge in [-0.1, -0.05) is 23.7 Å². The fourth-order valence-electron chi connectivity index (χ4n) is 3.43. The SMILES string of the molecule is CCOc1cc(/C=C2/SC(=O)N(Cc3ccc(C(=O)OC)o3)C2=O)cc(Br)c1OCc1ccc(Cl)cc1. The molecule has 1 saturated heterocycles. The Bertz CT molecular complexity index is 1370. The summed E-state index contributed by atoms with van der Waals surface area (Å²) in [4.78, 5) is 38.4.